The van der Waals surface area contributed by atoms with Crippen LogP contribution < -0.4 is 16.0 Å². The lowest BCUT2D eigenvalue weighted by Gasteiger charge is -2.14. The lowest BCUT2D eigenvalue weighted by Crippen LogP contribution is -2.08. The van der Waals surface area contributed by atoms with Crippen LogP contribution in [-0.2, 0) is 0 Å². The van der Waals surface area contributed by atoms with Crippen molar-refractivity contribution in [3.05, 3.63) is 66.9 Å². The summed E-state index contributed by atoms with van der Waals surface area (Å²) in [7, 11) is 1.81. The highest BCUT2D eigenvalue weighted by molar-refractivity contribution is 5.96. The van der Waals surface area contributed by atoms with Crippen molar-refractivity contribution in [1.82, 2.24) is 15.0 Å². The second-order valence-corrected chi connectivity index (χ2v) is 7.49. The lowest BCUT2D eigenvalue weighted by atomic mass is 10.00. The van der Waals surface area contributed by atoms with Crippen molar-refractivity contribution < 1.29 is 0 Å². The van der Waals surface area contributed by atoms with Crippen molar-refractivity contribution >= 4 is 52.2 Å². The van der Waals surface area contributed by atoms with E-state index in [2.05, 4.69) is 61.3 Å². The molecule has 7 heteroatoms. The fourth-order valence-electron chi connectivity index (χ4n) is 3.50. The minimum absolute atomic E-state index is 0.430. The molecule has 3 aromatic rings. The molecule has 1 aliphatic rings. The largest absolute Gasteiger partial charge is 0.371 e. The first kappa shape index (κ1) is 21.2. The van der Waals surface area contributed by atoms with Crippen LogP contribution in [0.3, 0.4) is 0 Å². The van der Waals surface area contributed by atoms with E-state index in [1.165, 1.54) is 0 Å². The van der Waals surface area contributed by atoms with Crippen LogP contribution in [0.2, 0.25) is 0 Å². The zero-order valence-electron chi connectivity index (χ0n) is 18.4. The van der Waals surface area contributed by atoms with Crippen LogP contribution in [0, 0.1) is 0 Å². The highest BCUT2D eigenvalue weighted by Gasteiger charge is 2.24. The van der Waals surface area contributed by atoms with Crippen LogP contribution in [0.15, 0.2) is 66.3 Å². The predicted octanol–water partition coefficient (Wildman–Crippen LogP) is 5.86. The smallest absolute Gasteiger partial charge is 0.231 e. The molecule has 0 atom stereocenters. The lowest BCUT2D eigenvalue weighted by molar-refractivity contribution is 1.08. The highest BCUT2D eigenvalue weighted by atomic mass is 15.2. The molecule has 1 fully saturated rings. The zero-order chi connectivity index (χ0) is 22.5. The Bertz CT molecular complexity index is 1220. The Morgan fingerprint density at radius 1 is 1.19 bits per heavy atom. The molecule has 1 aromatic carbocycles. The number of aromatic nitrogens is 3. The predicted molar refractivity (Wildman–Crippen MR) is 135 cm³/mol. The quantitative estimate of drug-likeness (QED) is 0.294. The van der Waals surface area contributed by atoms with Gasteiger partial charge in [-0.2, -0.15) is 9.97 Å². The second-order valence-electron chi connectivity index (χ2n) is 7.49. The molecule has 0 saturated heterocycles. The number of benzene rings is 1. The summed E-state index contributed by atoms with van der Waals surface area (Å²) in [5.41, 5.74) is 4.55. The van der Waals surface area contributed by atoms with Gasteiger partial charge in [-0.3, -0.25) is 9.98 Å². The van der Waals surface area contributed by atoms with Crippen molar-refractivity contribution in [2.24, 2.45) is 4.99 Å². The van der Waals surface area contributed by atoms with E-state index in [0.717, 1.165) is 40.6 Å². The van der Waals surface area contributed by atoms with Crippen molar-refractivity contribution in [3.63, 3.8) is 0 Å². The first-order valence-corrected chi connectivity index (χ1v) is 10.6. The van der Waals surface area contributed by atoms with Gasteiger partial charge in [0.2, 0.25) is 5.95 Å². The van der Waals surface area contributed by atoms with Gasteiger partial charge in [0.1, 0.15) is 5.69 Å². The molecule has 2 heterocycles. The molecule has 0 bridgehead atoms. The Balaban J connectivity index is 1.75. The highest BCUT2D eigenvalue weighted by Crippen LogP contribution is 2.36. The third-order valence-corrected chi connectivity index (χ3v) is 5.15. The third-order valence-electron chi connectivity index (χ3n) is 5.15. The molecule has 2 aromatic heterocycles. The van der Waals surface area contributed by atoms with Gasteiger partial charge in [-0.25, -0.2) is 0 Å². The summed E-state index contributed by atoms with van der Waals surface area (Å²) in [5, 5.41) is 10.9. The van der Waals surface area contributed by atoms with Crippen LogP contribution in [0.5, 0.6) is 0 Å². The van der Waals surface area contributed by atoms with E-state index in [0.29, 0.717) is 29.3 Å². The summed E-state index contributed by atoms with van der Waals surface area (Å²) in [6.07, 6.45) is 12.0. The molecule has 0 aliphatic heterocycles. The number of allylic oxidation sites excluding steroid dienone is 5. The normalized spacial score (nSPS) is 13.9. The summed E-state index contributed by atoms with van der Waals surface area (Å²) in [6.45, 7) is 9.52. The standard InChI is InChI=1S/C25H27N7/c1-5-7-16(8-6-2)19-13-14-28-21-12-11-18(15-20(19)21)30-25-31-23(27-4)22(26-3)24(32-25)29-17-9-10-17/h5-8,11-15,17H,1,3,9-10H2,2,4H3,(H3,27,29,30,31,32)/b8-6-,16-7+. The molecule has 32 heavy (non-hydrogen) atoms. The summed E-state index contributed by atoms with van der Waals surface area (Å²) < 4.78 is 0. The van der Waals surface area contributed by atoms with Crippen molar-refractivity contribution in [3.8, 4) is 0 Å². The van der Waals surface area contributed by atoms with Gasteiger partial charge in [-0.15, -0.1) is 0 Å². The van der Waals surface area contributed by atoms with E-state index >= 15 is 0 Å². The fraction of sp³-hybridized carbons (Fsp3) is 0.200. The molecular formula is C25H27N7. The molecule has 0 radical (unpaired) electrons. The van der Waals surface area contributed by atoms with Crippen LogP contribution >= 0.6 is 0 Å². The number of hydrogen-bond donors (Lipinski definition) is 3. The van der Waals surface area contributed by atoms with Gasteiger partial charge in [0, 0.05) is 30.4 Å². The van der Waals surface area contributed by atoms with Gasteiger partial charge < -0.3 is 16.0 Å². The SMILES string of the molecule is C=C/C=C(\C=C/C)c1ccnc2ccc(Nc3nc(NC)c(N=C)c(NC4CC4)n3)cc12. The number of pyridine rings is 1. The van der Waals surface area contributed by atoms with E-state index < -0.39 is 0 Å². The number of fused-ring (bicyclic) bond motifs is 1. The molecule has 0 spiro atoms. The minimum atomic E-state index is 0.430. The first-order chi connectivity index (χ1) is 15.7. The molecular weight excluding hydrogens is 398 g/mol. The maximum Gasteiger partial charge on any atom is 0.231 e. The van der Waals surface area contributed by atoms with Crippen molar-refractivity contribution in [1.29, 1.82) is 0 Å². The maximum absolute atomic E-state index is 4.67. The van der Waals surface area contributed by atoms with Crippen molar-refractivity contribution in [2.45, 2.75) is 25.8 Å². The number of rotatable bonds is 9. The number of nitrogens with zero attached hydrogens (tertiary/aromatic N) is 4. The van der Waals surface area contributed by atoms with E-state index in [-0.39, 0.29) is 0 Å². The Kier molecular flexibility index (Phi) is 6.26. The monoisotopic (exact) mass is 425 g/mol. The molecule has 0 amide bonds. The van der Waals surface area contributed by atoms with Gasteiger partial charge in [0.05, 0.1) is 5.52 Å². The Labute approximate surface area is 188 Å². The number of nitrogens with one attached hydrogen (secondary N) is 3. The summed E-state index contributed by atoms with van der Waals surface area (Å²) >= 11 is 0. The first-order valence-electron chi connectivity index (χ1n) is 10.6. The molecule has 162 valence electrons. The van der Waals surface area contributed by atoms with Crippen LogP contribution in [0.25, 0.3) is 16.5 Å². The third kappa shape index (κ3) is 4.51. The van der Waals surface area contributed by atoms with E-state index in [1.807, 2.05) is 50.5 Å². The van der Waals surface area contributed by atoms with Gasteiger partial charge >= 0.3 is 0 Å². The van der Waals surface area contributed by atoms with E-state index in [9.17, 15) is 0 Å². The molecule has 3 N–H and O–H groups in total. The molecule has 7 nitrogen and oxygen atoms in total. The number of aliphatic imine (C=N–C) groups is 1. The summed E-state index contributed by atoms with van der Waals surface area (Å²) in [6, 6.07) is 8.47. The molecule has 4 rings (SSSR count). The molecule has 1 aliphatic carbocycles. The van der Waals surface area contributed by atoms with Crippen molar-refractivity contribution in [2.75, 3.05) is 23.0 Å². The van der Waals surface area contributed by atoms with E-state index in [4.69, 9.17) is 0 Å². The molecule has 1 saturated carbocycles. The number of anilines is 4. The Hall–Kier alpha value is -4.00. The molecule has 0 unspecified atom stereocenters. The minimum Gasteiger partial charge on any atom is -0.371 e. The van der Waals surface area contributed by atoms with Gasteiger partial charge in [-0.05, 0) is 61.9 Å². The second kappa shape index (κ2) is 9.43. The van der Waals surface area contributed by atoms with Gasteiger partial charge in [-0.1, -0.05) is 30.9 Å². The van der Waals surface area contributed by atoms with Gasteiger partial charge in [0.25, 0.3) is 0 Å². The average molecular weight is 426 g/mol. The zero-order valence-corrected chi connectivity index (χ0v) is 18.4. The fourth-order valence-corrected chi connectivity index (χ4v) is 3.50. The van der Waals surface area contributed by atoms with Crippen LogP contribution in [-0.4, -0.2) is 34.8 Å². The Morgan fingerprint density at radius 3 is 2.69 bits per heavy atom. The maximum atomic E-state index is 4.67. The van der Waals surface area contributed by atoms with E-state index in [1.54, 1.807) is 6.08 Å². The van der Waals surface area contributed by atoms with Crippen LogP contribution in [0.1, 0.15) is 25.3 Å². The van der Waals surface area contributed by atoms with Gasteiger partial charge in [0.15, 0.2) is 11.6 Å². The summed E-state index contributed by atoms with van der Waals surface area (Å²) in [5.74, 6) is 1.77. The topological polar surface area (TPSA) is 87.1 Å². The van der Waals surface area contributed by atoms with Crippen LogP contribution in [0.4, 0.5) is 29.0 Å². The average Bonchev–Trinajstić information content (AvgIpc) is 3.62. The Morgan fingerprint density at radius 2 is 2.00 bits per heavy atom. The summed E-state index contributed by atoms with van der Waals surface area (Å²) in [4.78, 5) is 17.9. The number of hydrogen-bond acceptors (Lipinski definition) is 7.